The molecule has 140 valence electrons. The molecule has 0 aliphatic heterocycles. The number of hydrogen-bond donors (Lipinski definition) is 2. The average molecular weight is 428 g/mol. The molecule has 0 saturated heterocycles. The van der Waals surface area contributed by atoms with E-state index in [1.54, 1.807) is 6.07 Å². The van der Waals surface area contributed by atoms with E-state index >= 15 is 0 Å². The van der Waals surface area contributed by atoms with E-state index in [1.807, 2.05) is 56.7 Å². The fourth-order valence-electron chi connectivity index (χ4n) is 2.69. The number of nitrogens with zero attached hydrogens (tertiary/aromatic N) is 1. The predicted molar refractivity (Wildman–Crippen MR) is 116 cm³/mol. The molecule has 0 amide bonds. The van der Waals surface area contributed by atoms with Crippen LogP contribution < -0.4 is 26.2 Å². The Morgan fingerprint density at radius 3 is 2.63 bits per heavy atom. The van der Waals surface area contributed by atoms with Crippen LogP contribution in [0.1, 0.15) is 0 Å². The number of pyridine rings is 1. The van der Waals surface area contributed by atoms with E-state index in [-0.39, 0.29) is 5.56 Å². The summed E-state index contributed by atoms with van der Waals surface area (Å²) in [6.07, 6.45) is 1.86. The van der Waals surface area contributed by atoms with Gasteiger partial charge in [0.05, 0.1) is 0 Å². The van der Waals surface area contributed by atoms with Crippen molar-refractivity contribution < 1.29 is 4.74 Å². The van der Waals surface area contributed by atoms with Gasteiger partial charge in [-0.3, -0.25) is 4.79 Å². The molecular weight excluding hydrogens is 406 g/mol. The van der Waals surface area contributed by atoms with Crippen LogP contribution in [0, 0.1) is 0 Å². The van der Waals surface area contributed by atoms with Gasteiger partial charge in [0.2, 0.25) is 0 Å². The highest BCUT2D eigenvalue weighted by Gasteiger charge is 2.02. The van der Waals surface area contributed by atoms with Crippen LogP contribution >= 0.6 is 15.9 Å². The standard InChI is InChI=1S/C21H22BrN3O2/c1-14-20(19-12-15(22)4-9-18(19)21(26)24-14)13-23-16-5-7-17(8-6-16)27-11-10-25(2)3/h4-9,12-13,23H,1,10-11H2,2-3H3,(H,24,26)/b20-13+. The van der Waals surface area contributed by atoms with Crippen molar-refractivity contribution in [1.82, 2.24) is 9.88 Å². The Kier molecular flexibility index (Phi) is 5.98. The molecule has 0 unspecified atom stereocenters. The van der Waals surface area contributed by atoms with Gasteiger partial charge in [0.15, 0.2) is 0 Å². The zero-order valence-corrected chi connectivity index (χ0v) is 17.0. The maximum Gasteiger partial charge on any atom is 0.256 e. The second-order valence-corrected chi connectivity index (χ2v) is 7.42. The van der Waals surface area contributed by atoms with Crippen LogP contribution in [0.25, 0.3) is 23.6 Å². The monoisotopic (exact) mass is 427 g/mol. The lowest BCUT2D eigenvalue weighted by Gasteiger charge is -2.11. The Morgan fingerprint density at radius 1 is 1.19 bits per heavy atom. The molecule has 1 aromatic heterocycles. The molecule has 0 radical (unpaired) electrons. The highest BCUT2D eigenvalue weighted by Crippen LogP contribution is 2.16. The van der Waals surface area contributed by atoms with Crippen LogP contribution in [0.15, 0.2) is 51.7 Å². The molecule has 0 bridgehead atoms. The number of rotatable bonds is 6. The lowest BCUT2D eigenvalue weighted by Crippen LogP contribution is -2.34. The molecule has 27 heavy (non-hydrogen) atoms. The van der Waals surface area contributed by atoms with Gasteiger partial charge in [0.25, 0.3) is 5.56 Å². The van der Waals surface area contributed by atoms with Crippen molar-refractivity contribution in [3.8, 4) is 5.75 Å². The van der Waals surface area contributed by atoms with Gasteiger partial charge in [-0.15, -0.1) is 0 Å². The number of ether oxygens (including phenoxy) is 1. The lowest BCUT2D eigenvalue weighted by atomic mass is 10.1. The molecule has 0 aliphatic rings. The normalized spacial score (nSPS) is 11.9. The quantitative estimate of drug-likeness (QED) is 0.634. The van der Waals surface area contributed by atoms with Gasteiger partial charge >= 0.3 is 0 Å². The third-order valence-corrected chi connectivity index (χ3v) is 4.64. The third-order valence-electron chi connectivity index (χ3n) is 4.15. The van der Waals surface area contributed by atoms with Crippen LogP contribution in [0.2, 0.25) is 0 Å². The average Bonchev–Trinajstić information content (AvgIpc) is 2.62. The van der Waals surface area contributed by atoms with Gasteiger partial charge in [-0.1, -0.05) is 22.5 Å². The van der Waals surface area contributed by atoms with E-state index in [2.05, 4.69) is 37.7 Å². The number of anilines is 1. The molecule has 3 aromatic rings. The number of hydrogen-bond acceptors (Lipinski definition) is 4. The Morgan fingerprint density at radius 2 is 1.93 bits per heavy atom. The molecule has 5 nitrogen and oxygen atoms in total. The molecular formula is C21H22BrN3O2. The van der Waals surface area contributed by atoms with Crippen molar-refractivity contribution in [2.45, 2.75) is 0 Å². The first-order chi connectivity index (χ1) is 12.9. The minimum atomic E-state index is -0.140. The summed E-state index contributed by atoms with van der Waals surface area (Å²) >= 11 is 3.47. The van der Waals surface area contributed by atoms with Crippen LogP contribution in [-0.4, -0.2) is 37.1 Å². The number of H-pyrrole nitrogens is 1. The van der Waals surface area contributed by atoms with E-state index in [0.29, 0.717) is 17.3 Å². The van der Waals surface area contributed by atoms with Crippen molar-refractivity contribution in [2.75, 3.05) is 32.6 Å². The highest BCUT2D eigenvalue weighted by atomic mass is 79.9. The minimum Gasteiger partial charge on any atom is -0.492 e. The molecule has 0 spiro atoms. The first-order valence-corrected chi connectivity index (χ1v) is 9.38. The number of aromatic amines is 1. The van der Waals surface area contributed by atoms with Crippen LogP contribution in [0.3, 0.4) is 0 Å². The summed E-state index contributed by atoms with van der Waals surface area (Å²) in [6, 6.07) is 13.3. The second-order valence-electron chi connectivity index (χ2n) is 6.50. The lowest BCUT2D eigenvalue weighted by molar-refractivity contribution is 0.261. The SMILES string of the molecule is C=c1[nH]c(=O)c2ccc(Br)cc2/c1=C/Nc1ccc(OCCN(C)C)cc1. The minimum absolute atomic E-state index is 0.140. The Labute approximate surface area is 166 Å². The maximum absolute atomic E-state index is 12.1. The largest absolute Gasteiger partial charge is 0.492 e. The van der Waals surface area contributed by atoms with Crippen molar-refractivity contribution in [3.05, 3.63) is 67.9 Å². The molecule has 0 aliphatic carbocycles. The Hall–Kier alpha value is -2.57. The number of benzene rings is 2. The first-order valence-electron chi connectivity index (χ1n) is 8.59. The number of likely N-dealkylation sites (N-methyl/N-ethyl adjacent to an activating group) is 1. The fourth-order valence-corrected chi connectivity index (χ4v) is 3.05. The van der Waals surface area contributed by atoms with Crippen molar-refractivity contribution in [2.24, 2.45) is 0 Å². The molecule has 6 heteroatoms. The van der Waals surface area contributed by atoms with Gasteiger partial charge in [0, 0.05) is 38.9 Å². The van der Waals surface area contributed by atoms with E-state index in [1.165, 1.54) is 0 Å². The smallest absolute Gasteiger partial charge is 0.256 e. The van der Waals surface area contributed by atoms with E-state index in [0.717, 1.165) is 33.1 Å². The van der Waals surface area contributed by atoms with E-state index in [9.17, 15) is 4.79 Å². The third kappa shape index (κ3) is 4.78. The van der Waals surface area contributed by atoms with Gasteiger partial charge in [-0.2, -0.15) is 0 Å². The van der Waals surface area contributed by atoms with Crippen LogP contribution in [0.4, 0.5) is 5.69 Å². The van der Waals surface area contributed by atoms with Crippen molar-refractivity contribution in [1.29, 1.82) is 0 Å². The zero-order valence-electron chi connectivity index (χ0n) is 15.4. The zero-order chi connectivity index (χ0) is 19.4. The molecule has 2 aromatic carbocycles. The molecule has 3 rings (SSSR count). The summed E-state index contributed by atoms with van der Waals surface area (Å²) in [4.78, 5) is 17.0. The van der Waals surface area contributed by atoms with Crippen LogP contribution in [0.5, 0.6) is 5.75 Å². The summed E-state index contributed by atoms with van der Waals surface area (Å²) in [5.41, 5.74) is 0.780. The topological polar surface area (TPSA) is 57.4 Å². The van der Waals surface area contributed by atoms with Crippen molar-refractivity contribution >= 4 is 45.2 Å². The van der Waals surface area contributed by atoms with Gasteiger partial charge < -0.3 is 19.9 Å². The predicted octanol–water partition coefficient (Wildman–Crippen LogP) is 2.49. The molecule has 0 atom stereocenters. The summed E-state index contributed by atoms with van der Waals surface area (Å²) in [6.45, 7) is 5.49. The van der Waals surface area contributed by atoms with E-state index < -0.39 is 0 Å². The summed E-state index contributed by atoms with van der Waals surface area (Å²) in [7, 11) is 4.03. The fraction of sp³-hybridized carbons (Fsp3) is 0.190. The number of fused-ring (bicyclic) bond motifs is 1. The first kappa shape index (κ1) is 19.2. The number of nitrogens with one attached hydrogen (secondary N) is 2. The van der Waals surface area contributed by atoms with Crippen molar-refractivity contribution in [3.63, 3.8) is 0 Å². The summed E-state index contributed by atoms with van der Waals surface area (Å²) in [5.74, 6) is 0.832. The summed E-state index contributed by atoms with van der Waals surface area (Å²) < 4.78 is 6.61. The number of halogens is 1. The van der Waals surface area contributed by atoms with Gasteiger partial charge in [-0.05, 0) is 61.9 Å². The molecule has 1 heterocycles. The Balaban J connectivity index is 1.85. The van der Waals surface area contributed by atoms with Gasteiger partial charge in [0.1, 0.15) is 12.4 Å². The summed E-state index contributed by atoms with van der Waals surface area (Å²) in [5, 5.41) is 6.15. The molecule has 2 N–H and O–H groups in total. The molecule has 0 fully saturated rings. The maximum atomic E-state index is 12.1. The Bertz CT molecular complexity index is 1110. The van der Waals surface area contributed by atoms with Gasteiger partial charge in [-0.25, -0.2) is 0 Å². The second kappa shape index (κ2) is 8.41. The highest BCUT2D eigenvalue weighted by molar-refractivity contribution is 9.10. The van der Waals surface area contributed by atoms with Crippen LogP contribution in [-0.2, 0) is 0 Å². The molecule has 0 saturated carbocycles. The number of aromatic nitrogens is 1. The van der Waals surface area contributed by atoms with E-state index in [4.69, 9.17) is 4.74 Å².